The van der Waals surface area contributed by atoms with E-state index in [0.717, 1.165) is 31.8 Å². The van der Waals surface area contributed by atoms with Crippen LogP contribution in [0.25, 0.3) is 0 Å². The summed E-state index contributed by atoms with van der Waals surface area (Å²) in [7, 11) is 0. The average Bonchev–Trinajstić information content (AvgIpc) is 2.48. The lowest BCUT2D eigenvalue weighted by molar-refractivity contribution is -0.384. The summed E-state index contributed by atoms with van der Waals surface area (Å²) in [6, 6.07) is 2.29. The van der Waals surface area contributed by atoms with E-state index in [0.29, 0.717) is 13.2 Å². The molecule has 0 radical (unpaired) electrons. The Morgan fingerprint density at radius 1 is 1.62 bits per heavy atom. The van der Waals surface area contributed by atoms with Gasteiger partial charge in [-0.1, -0.05) is 6.92 Å². The van der Waals surface area contributed by atoms with Gasteiger partial charge in [-0.15, -0.1) is 0 Å². The predicted molar refractivity (Wildman–Crippen MR) is 81.1 cm³/mol. The summed E-state index contributed by atoms with van der Waals surface area (Å²) < 4.78 is 19.2. The smallest absolute Gasteiger partial charge is 0.293 e. The van der Waals surface area contributed by atoms with Gasteiger partial charge in [-0.05, 0) is 22.5 Å². The molecule has 1 N–H and O–H groups in total. The van der Waals surface area contributed by atoms with Crippen molar-refractivity contribution in [2.75, 3.05) is 38.1 Å². The van der Waals surface area contributed by atoms with E-state index in [2.05, 4.69) is 33.1 Å². The average molecular weight is 362 g/mol. The predicted octanol–water partition coefficient (Wildman–Crippen LogP) is 2.63. The van der Waals surface area contributed by atoms with Crippen molar-refractivity contribution in [2.24, 2.45) is 0 Å². The second-order valence-corrected chi connectivity index (χ2v) is 5.66. The van der Waals surface area contributed by atoms with E-state index < -0.39 is 10.7 Å². The van der Waals surface area contributed by atoms with E-state index in [9.17, 15) is 14.5 Å². The van der Waals surface area contributed by atoms with Gasteiger partial charge in [0.15, 0.2) is 0 Å². The molecule has 1 saturated heterocycles. The Kier molecular flexibility index (Phi) is 5.49. The van der Waals surface area contributed by atoms with Gasteiger partial charge in [0.2, 0.25) is 0 Å². The standard InChI is InChI=1S/C13H17BrFN3O3/c1-2-17-3-4-21-9(8-17)7-16-12-6-11(15)10(14)5-13(12)18(19)20/h5-6,9,16H,2-4,7-8H2,1H3. The monoisotopic (exact) mass is 361 g/mol. The fourth-order valence-corrected chi connectivity index (χ4v) is 2.58. The lowest BCUT2D eigenvalue weighted by Gasteiger charge is -2.32. The number of likely N-dealkylation sites (N-methyl/N-ethyl adjacent to an activating group) is 1. The number of nitrogens with one attached hydrogen (secondary N) is 1. The molecule has 1 fully saturated rings. The van der Waals surface area contributed by atoms with Gasteiger partial charge in [-0.25, -0.2) is 4.39 Å². The van der Waals surface area contributed by atoms with Crippen molar-refractivity contribution in [2.45, 2.75) is 13.0 Å². The number of halogens is 2. The van der Waals surface area contributed by atoms with Crippen LogP contribution in [0.1, 0.15) is 6.92 Å². The molecule has 1 aliphatic heterocycles. The molecular weight excluding hydrogens is 345 g/mol. The van der Waals surface area contributed by atoms with Crippen LogP contribution in [-0.4, -0.2) is 48.7 Å². The summed E-state index contributed by atoms with van der Waals surface area (Å²) in [6.07, 6.45) is -0.0648. The second kappa shape index (κ2) is 7.15. The number of anilines is 1. The maximum Gasteiger partial charge on any atom is 0.293 e. The molecule has 1 aromatic rings. The van der Waals surface area contributed by atoms with Crippen LogP contribution in [0.4, 0.5) is 15.8 Å². The zero-order valence-corrected chi connectivity index (χ0v) is 13.2. The highest BCUT2D eigenvalue weighted by molar-refractivity contribution is 9.10. The normalized spacial score (nSPS) is 19.5. The summed E-state index contributed by atoms with van der Waals surface area (Å²) in [4.78, 5) is 12.7. The number of benzene rings is 1. The van der Waals surface area contributed by atoms with Crippen molar-refractivity contribution in [3.8, 4) is 0 Å². The van der Waals surface area contributed by atoms with Crippen molar-refractivity contribution >= 4 is 27.3 Å². The molecule has 0 bridgehead atoms. The number of hydrogen-bond acceptors (Lipinski definition) is 5. The lowest BCUT2D eigenvalue weighted by Crippen LogP contribution is -2.45. The van der Waals surface area contributed by atoms with Gasteiger partial charge in [0, 0.05) is 31.8 Å². The van der Waals surface area contributed by atoms with Crippen molar-refractivity contribution < 1.29 is 14.1 Å². The molecule has 8 heteroatoms. The number of rotatable bonds is 5. The summed E-state index contributed by atoms with van der Waals surface area (Å²) in [6.45, 7) is 5.70. The maximum absolute atomic E-state index is 13.6. The third kappa shape index (κ3) is 4.12. The molecule has 0 amide bonds. The minimum absolute atomic E-state index is 0.0648. The first-order valence-corrected chi connectivity index (χ1v) is 7.51. The molecule has 2 rings (SSSR count). The first-order chi connectivity index (χ1) is 10.0. The molecule has 0 saturated carbocycles. The molecule has 1 aliphatic rings. The summed E-state index contributed by atoms with van der Waals surface area (Å²) in [5.74, 6) is -0.539. The summed E-state index contributed by atoms with van der Waals surface area (Å²) in [5, 5.41) is 13.9. The quantitative estimate of drug-likeness (QED) is 0.644. The van der Waals surface area contributed by atoms with Crippen LogP contribution in [0.5, 0.6) is 0 Å². The number of hydrogen-bond donors (Lipinski definition) is 1. The summed E-state index contributed by atoms with van der Waals surface area (Å²) in [5.41, 5.74) is 0.00403. The molecular formula is C13H17BrFN3O3. The highest BCUT2D eigenvalue weighted by atomic mass is 79.9. The fraction of sp³-hybridized carbons (Fsp3) is 0.538. The fourth-order valence-electron chi connectivity index (χ4n) is 2.24. The van der Waals surface area contributed by atoms with Crippen LogP contribution in [0.3, 0.4) is 0 Å². The minimum atomic E-state index is -0.539. The third-order valence-electron chi connectivity index (χ3n) is 3.43. The topological polar surface area (TPSA) is 67.6 Å². The zero-order valence-electron chi connectivity index (χ0n) is 11.6. The van der Waals surface area contributed by atoms with E-state index in [-0.39, 0.29) is 22.0 Å². The third-order valence-corrected chi connectivity index (χ3v) is 4.03. The SMILES string of the molecule is CCN1CCOC(CNc2cc(F)c(Br)cc2[N+](=O)[O-])C1. The minimum Gasteiger partial charge on any atom is -0.377 e. The van der Waals surface area contributed by atoms with E-state index in [1.807, 2.05) is 0 Å². The molecule has 21 heavy (non-hydrogen) atoms. The van der Waals surface area contributed by atoms with Crippen molar-refractivity contribution in [3.05, 3.63) is 32.5 Å². The summed E-state index contributed by atoms with van der Waals surface area (Å²) >= 11 is 2.95. The zero-order chi connectivity index (χ0) is 15.4. The molecule has 1 heterocycles. The lowest BCUT2D eigenvalue weighted by atomic mass is 10.2. The molecule has 6 nitrogen and oxygen atoms in total. The Labute approximate surface area is 130 Å². The molecule has 0 aromatic heterocycles. The highest BCUT2D eigenvalue weighted by Gasteiger charge is 2.22. The van der Waals surface area contributed by atoms with Gasteiger partial charge in [0.25, 0.3) is 5.69 Å². The van der Waals surface area contributed by atoms with Gasteiger partial charge >= 0.3 is 0 Å². The first kappa shape index (κ1) is 16.1. The second-order valence-electron chi connectivity index (χ2n) is 4.81. The Bertz CT molecular complexity index is 530. The van der Waals surface area contributed by atoms with Crippen LogP contribution in [-0.2, 0) is 4.74 Å². The Morgan fingerprint density at radius 2 is 2.38 bits per heavy atom. The van der Waals surface area contributed by atoms with Gasteiger partial charge in [-0.2, -0.15) is 0 Å². The number of nitro groups is 1. The van der Waals surface area contributed by atoms with Crippen LogP contribution >= 0.6 is 15.9 Å². The van der Waals surface area contributed by atoms with Gasteiger partial charge in [0.05, 0.1) is 22.1 Å². The highest BCUT2D eigenvalue weighted by Crippen LogP contribution is 2.30. The van der Waals surface area contributed by atoms with E-state index in [1.54, 1.807) is 0 Å². The Balaban J connectivity index is 2.05. The Hall–Kier alpha value is -1.25. The molecule has 0 spiro atoms. The van der Waals surface area contributed by atoms with E-state index in [4.69, 9.17) is 4.74 Å². The first-order valence-electron chi connectivity index (χ1n) is 6.72. The van der Waals surface area contributed by atoms with Crippen LogP contribution in [0, 0.1) is 15.9 Å². The van der Waals surface area contributed by atoms with Crippen LogP contribution < -0.4 is 5.32 Å². The van der Waals surface area contributed by atoms with Crippen LogP contribution in [0.15, 0.2) is 16.6 Å². The molecule has 1 unspecified atom stereocenters. The molecule has 116 valence electrons. The molecule has 1 atom stereocenters. The maximum atomic E-state index is 13.6. The number of morpholine rings is 1. The van der Waals surface area contributed by atoms with Crippen LogP contribution in [0.2, 0.25) is 0 Å². The Morgan fingerprint density at radius 3 is 3.05 bits per heavy atom. The number of ether oxygens (including phenoxy) is 1. The van der Waals surface area contributed by atoms with E-state index >= 15 is 0 Å². The number of nitro benzene ring substituents is 1. The number of nitrogens with zero attached hydrogens (tertiary/aromatic N) is 2. The van der Waals surface area contributed by atoms with Gasteiger partial charge in [0.1, 0.15) is 11.5 Å². The molecule has 1 aromatic carbocycles. The van der Waals surface area contributed by atoms with Gasteiger partial charge < -0.3 is 10.1 Å². The van der Waals surface area contributed by atoms with E-state index in [1.165, 1.54) is 0 Å². The molecule has 0 aliphatic carbocycles. The van der Waals surface area contributed by atoms with Crippen molar-refractivity contribution in [1.82, 2.24) is 4.90 Å². The van der Waals surface area contributed by atoms with Gasteiger partial charge in [-0.3, -0.25) is 15.0 Å². The van der Waals surface area contributed by atoms with Crippen molar-refractivity contribution in [1.29, 1.82) is 0 Å². The van der Waals surface area contributed by atoms with Crippen molar-refractivity contribution in [3.63, 3.8) is 0 Å². The largest absolute Gasteiger partial charge is 0.377 e.